The summed E-state index contributed by atoms with van der Waals surface area (Å²) in [7, 11) is 3.49. The van der Waals surface area contributed by atoms with Crippen molar-refractivity contribution in [3.63, 3.8) is 0 Å². The Bertz CT molecular complexity index is 1370. The third-order valence-corrected chi connectivity index (χ3v) is 8.23. The maximum Gasteiger partial charge on any atom is 0.408 e. The van der Waals surface area contributed by atoms with Crippen LogP contribution in [0.4, 0.5) is 4.79 Å². The highest BCUT2D eigenvalue weighted by molar-refractivity contribution is 5.93. The quantitative estimate of drug-likeness (QED) is 0.341. The van der Waals surface area contributed by atoms with Crippen LogP contribution in [0.1, 0.15) is 35.4 Å². The molecule has 5 rings (SSSR count). The van der Waals surface area contributed by atoms with Crippen LogP contribution in [0.5, 0.6) is 0 Å². The molecule has 3 aromatic carbocycles. The average molecular weight is 571 g/mol. The lowest BCUT2D eigenvalue weighted by Crippen LogP contribution is -2.65. The summed E-state index contributed by atoms with van der Waals surface area (Å²) in [5.41, 5.74) is 4.32. The van der Waals surface area contributed by atoms with Gasteiger partial charge in [0.1, 0.15) is 18.2 Å². The number of alkyl carbamates (subject to hydrolysis) is 1. The molecule has 0 radical (unpaired) electrons. The number of benzene rings is 3. The molecule has 2 amide bonds. The zero-order valence-electron chi connectivity index (χ0n) is 24.1. The van der Waals surface area contributed by atoms with Gasteiger partial charge < -0.3 is 25.4 Å². The van der Waals surface area contributed by atoms with Crippen molar-refractivity contribution in [2.45, 2.75) is 36.9 Å². The fourth-order valence-electron chi connectivity index (χ4n) is 6.02. The van der Waals surface area contributed by atoms with Gasteiger partial charge in [0.15, 0.2) is 0 Å². The minimum atomic E-state index is -1.30. The maximum absolute atomic E-state index is 13.7. The van der Waals surface area contributed by atoms with Crippen LogP contribution in [0.3, 0.4) is 0 Å². The van der Waals surface area contributed by atoms with Gasteiger partial charge in [0.25, 0.3) is 0 Å². The minimum absolute atomic E-state index is 0.114. The second kappa shape index (κ2) is 12.8. The first-order valence-corrected chi connectivity index (χ1v) is 14.3. The highest BCUT2D eigenvalue weighted by Gasteiger charge is 2.44. The van der Waals surface area contributed by atoms with Crippen molar-refractivity contribution in [3.05, 3.63) is 95.6 Å². The van der Waals surface area contributed by atoms with Crippen LogP contribution in [-0.2, 0) is 20.9 Å². The van der Waals surface area contributed by atoms with E-state index in [4.69, 9.17) is 4.74 Å². The van der Waals surface area contributed by atoms with Gasteiger partial charge in [0.2, 0.25) is 5.91 Å². The standard InChI is InChI=1S/C33H38N4O5/c1-36(2)21-29(30(38)39)34-31(40)33(16-18-37(19-17-33)20-23-10-4-3-5-11-23)35-32(41)42-22-28-26-14-8-6-12-24(26)25-13-7-9-15-27(25)28/h3-15,28-29H,16-22H2,1-2H3,(H,34,40)(H,35,41)(H,38,39)/t29-/m0/s1. The van der Waals surface area contributed by atoms with Crippen LogP contribution in [0.15, 0.2) is 78.9 Å². The number of carbonyl (C=O) groups excluding carboxylic acids is 2. The molecule has 2 aliphatic rings. The summed E-state index contributed by atoms with van der Waals surface area (Å²) in [5.74, 6) is -1.75. The van der Waals surface area contributed by atoms with Crippen LogP contribution in [0.25, 0.3) is 11.1 Å². The van der Waals surface area contributed by atoms with Gasteiger partial charge in [-0.3, -0.25) is 9.69 Å². The number of likely N-dealkylation sites (N-methyl/N-ethyl adjacent to an activating group) is 1. The summed E-state index contributed by atoms with van der Waals surface area (Å²) in [6.45, 7) is 2.08. The molecule has 0 spiro atoms. The van der Waals surface area contributed by atoms with E-state index in [9.17, 15) is 19.5 Å². The molecule has 1 aliphatic heterocycles. The number of likely N-dealkylation sites (tertiary alicyclic amines) is 1. The molecule has 3 aromatic rings. The monoisotopic (exact) mass is 570 g/mol. The summed E-state index contributed by atoms with van der Waals surface area (Å²) in [4.78, 5) is 42.9. The fourth-order valence-corrected chi connectivity index (χ4v) is 6.02. The Balaban J connectivity index is 1.30. The van der Waals surface area contributed by atoms with E-state index in [0.29, 0.717) is 25.9 Å². The minimum Gasteiger partial charge on any atom is -0.480 e. The second-order valence-corrected chi connectivity index (χ2v) is 11.4. The molecule has 0 bridgehead atoms. The van der Waals surface area contributed by atoms with E-state index in [1.165, 1.54) is 0 Å². The van der Waals surface area contributed by atoms with Crippen molar-refractivity contribution in [2.24, 2.45) is 0 Å². The van der Waals surface area contributed by atoms with E-state index >= 15 is 0 Å². The number of piperidine rings is 1. The SMILES string of the molecule is CN(C)C[C@H](NC(=O)C1(NC(=O)OCC2c3ccccc3-c3ccccc32)CCN(Cc2ccccc2)CC1)C(=O)O. The number of carbonyl (C=O) groups is 3. The number of nitrogens with one attached hydrogen (secondary N) is 2. The number of rotatable bonds is 10. The molecule has 1 saturated heterocycles. The predicted octanol–water partition coefficient (Wildman–Crippen LogP) is 3.69. The first-order valence-electron chi connectivity index (χ1n) is 14.3. The van der Waals surface area contributed by atoms with Crippen molar-refractivity contribution in [2.75, 3.05) is 40.3 Å². The molecule has 9 nitrogen and oxygen atoms in total. The molecule has 1 atom stereocenters. The Morgan fingerprint density at radius 1 is 0.929 bits per heavy atom. The Morgan fingerprint density at radius 2 is 1.50 bits per heavy atom. The van der Waals surface area contributed by atoms with Crippen LogP contribution >= 0.6 is 0 Å². The number of ether oxygens (including phenoxy) is 1. The van der Waals surface area contributed by atoms with Gasteiger partial charge in [-0.1, -0.05) is 78.9 Å². The number of fused-ring (bicyclic) bond motifs is 3. The summed E-state index contributed by atoms with van der Waals surface area (Å²) >= 11 is 0. The molecule has 42 heavy (non-hydrogen) atoms. The smallest absolute Gasteiger partial charge is 0.408 e. The summed E-state index contributed by atoms with van der Waals surface area (Å²) < 4.78 is 5.79. The first-order chi connectivity index (χ1) is 20.3. The summed E-state index contributed by atoms with van der Waals surface area (Å²) in [5, 5.41) is 15.3. The molecule has 0 saturated carbocycles. The van der Waals surface area contributed by atoms with Crippen LogP contribution < -0.4 is 10.6 Å². The zero-order chi connectivity index (χ0) is 29.7. The molecule has 3 N–H and O–H groups in total. The van der Waals surface area contributed by atoms with E-state index < -0.39 is 29.6 Å². The number of carboxylic acid groups (broad SMARTS) is 1. The number of amides is 2. The number of aliphatic carboxylic acids is 1. The van der Waals surface area contributed by atoms with Gasteiger partial charge in [0, 0.05) is 32.1 Å². The van der Waals surface area contributed by atoms with E-state index in [2.05, 4.69) is 51.9 Å². The van der Waals surface area contributed by atoms with E-state index in [1.807, 2.05) is 42.5 Å². The predicted molar refractivity (Wildman–Crippen MR) is 160 cm³/mol. The Labute approximate surface area is 246 Å². The summed E-state index contributed by atoms with van der Waals surface area (Å²) in [6, 6.07) is 25.2. The van der Waals surface area contributed by atoms with Crippen molar-refractivity contribution in [3.8, 4) is 11.1 Å². The van der Waals surface area contributed by atoms with Crippen LogP contribution in [0, 0.1) is 0 Å². The van der Waals surface area contributed by atoms with E-state index in [0.717, 1.165) is 34.4 Å². The largest absolute Gasteiger partial charge is 0.480 e. The Kier molecular flexibility index (Phi) is 8.89. The van der Waals surface area contributed by atoms with Gasteiger partial charge in [0.05, 0.1) is 0 Å². The average Bonchev–Trinajstić information content (AvgIpc) is 3.30. The Hall–Kier alpha value is -4.21. The first kappa shape index (κ1) is 29.3. The maximum atomic E-state index is 13.7. The van der Waals surface area contributed by atoms with Gasteiger partial charge in [-0.2, -0.15) is 0 Å². The molecule has 220 valence electrons. The molecule has 9 heteroatoms. The lowest BCUT2D eigenvalue weighted by atomic mass is 9.86. The molecule has 1 fully saturated rings. The van der Waals surface area contributed by atoms with Crippen LogP contribution in [0.2, 0.25) is 0 Å². The second-order valence-electron chi connectivity index (χ2n) is 11.4. The third-order valence-electron chi connectivity index (χ3n) is 8.23. The van der Waals surface area contributed by atoms with E-state index in [1.54, 1.807) is 19.0 Å². The topological polar surface area (TPSA) is 111 Å². The Morgan fingerprint density at radius 3 is 2.07 bits per heavy atom. The van der Waals surface area contributed by atoms with Crippen molar-refractivity contribution in [1.29, 1.82) is 0 Å². The molecule has 0 aromatic heterocycles. The zero-order valence-corrected chi connectivity index (χ0v) is 24.1. The van der Waals surface area contributed by atoms with Crippen molar-refractivity contribution in [1.82, 2.24) is 20.4 Å². The van der Waals surface area contributed by atoms with Crippen LogP contribution in [-0.4, -0.2) is 84.8 Å². The van der Waals surface area contributed by atoms with Gasteiger partial charge in [-0.15, -0.1) is 0 Å². The number of hydrogen-bond acceptors (Lipinski definition) is 6. The lowest BCUT2D eigenvalue weighted by Gasteiger charge is -2.41. The van der Waals surface area contributed by atoms with E-state index in [-0.39, 0.29) is 19.1 Å². The van der Waals surface area contributed by atoms with Gasteiger partial charge >= 0.3 is 12.1 Å². The fraction of sp³-hybridized carbons (Fsp3) is 0.364. The molecular formula is C33H38N4O5. The van der Waals surface area contributed by atoms with Gasteiger partial charge in [-0.05, 0) is 54.8 Å². The molecule has 0 unspecified atom stereocenters. The summed E-state index contributed by atoms with van der Waals surface area (Å²) in [6.07, 6.45) is -0.0445. The molecular weight excluding hydrogens is 532 g/mol. The number of hydrogen-bond donors (Lipinski definition) is 3. The number of nitrogens with zero attached hydrogens (tertiary/aromatic N) is 2. The third kappa shape index (κ3) is 6.48. The molecule has 1 heterocycles. The number of carboxylic acids is 1. The highest BCUT2D eigenvalue weighted by atomic mass is 16.5. The lowest BCUT2D eigenvalue weighted by molar-refractivity contribution is -0.143. The van der Waals surface area contributed by atoms with Gasteiger partial charge in [-0.25, -0.2) is 9.59 Å². The normalized spacial score (nSPS) is 16.7. The highest BCUT2D eigenvalue weighted by Crippen LogP contribution is 2.44. The van der Waals surface area contributed by atoms with Crippen molar-refractivity contribution < 1.29 is 24.2 Å². The molecule has 1 aliphatic carbocycles. The van der Waals surface area contributed by atoms with Crippen molar-refractivity contribution >= 4 is 18.0 Å².